The molecule has 1 fully saturated rings. The molecule has 0 saturated carbocycles. The Bertz CT molecular complexity index is 728. The summed E-state index contributed by atoms with van der Waals surface area (Å²) in [6, 6.07) is 5.83. The van der Waals surface area contributed by atoms with Gasteiger partial charge in [-0.15, -0.1) is 24.0 Å². The van der Waals surface area contributed by atoms with Crippen molar-refractivity contribution in [2.24, 2.45) is 10.7 Å². The van der Waals surface area contributed by atoms with Crippen LogP contribution in [0.1, 0.15) is 32.8 Å². The molecule has 29 heavy (non-hydrogen) atoms. The second kappa shape index (κ2) is 10.2. The van der Waals surface area contributed by atoms with Crippen LogP contribution in [0.25, 0.3) is 0 Å². The molecule has 0 unspecified atom stereocenters. The molecule has 1 amide bonds. The highest BCUT2D eigenvalue weighted by Crippen LogP contribution is 2.33. The lowest BCUT2D eigenvalue weighted by molar-refractivity contribution is 0.0186. The highest BCUT2D eigenvalue weighted by atomic mass is 127. The van der Waals surface area contributed by atoms with Crippen LogP contribution in [0.3, 0.4) is 0 Å². The summed E-state index contributed by atoms with van der Waals surface area (Å²) >= 11 is 0. The monoisotopic (exact) mass is 518 g/mol. The van der Waals surface area contributed by atoms with E-state index in [4.69, 9.17) is 19.9 Å². The fourth-order valence-electron chi connectivity index (χ4n) is 3.09. The number of aliphatic imine (C=N–C) groups is 1. The van der Waals surface area contributed by atoms with E-state index in [2.05, 4.69) is 4.99 Å². The third-order valence-corrected chi connectivity index (χ3v) is 4.52. The fourth-order valence-corrected chi connectivity index (χ4v) is 3.09. The zero-order valence-corrected chi connectivity index (χ0v) is 19.7. The maximum absolute atomic E-state index is 12.2. The predicted octanol–water partition coefficient (Wildman–Crippen LogP) is 2.83. The third kappa shape index (κ3) is 6.55. The van der Waals surface area contributed by atoms with E-state index in [0.29, 0.717) is 51.9 Å². The smallest absolute Gasteiger partial charge is 0.410 e. The second-order valence-corrected chi connectivity index (χ2v) is 7.92. The standard InChI is InChI=1S/C20H30N4O4.HI/c1-20(2,3)28-19(25)24-10-8-23(9-11-24)18(21)22-14-15-6-4-7-16-17(15)27-13-5-12-26-16;/h4,6-7H,5,8-14H2,1-3H3,(H2,21,22);1H. The van der Waals surface area contributed by atoms with Crippen LogP contribution in [0.5, 0.6) is 11.5 Å². The van der Waals surface area contributed by atoms with Crippen LogP contribution in [0.2, 0.25) is 0 Å². The summed E-state index contributed by atoms with van der Waals surface area (Å²) in [6.07, 6.45) is 0.577. The summed E-state index contributed by atoms with van der Waals surface area (Å²) in [5.41, 5.74) is 6.66. The number of amides is 1. The first-order chi connectivity index (χ1) is 13.3. The molecule has 0 radical (unpaired) electrons. The van der Waals surface area contributed by atoms with E-state index in [1.54, 1.807) is 4.90 Å². The van der Waals surface area contributed by atoms with Gasteiger partial charge in [0.05, 0.1) is 19.8 Å². The molecule has 8 nitrogen and oxygen atoms in total. The summed E-state index contributed by atoms with van der Waals surface area (Å²) in [5, 5.41) is 0. The zero-order valence-electron chi connectivity index (χ0n) is 17.3. The maximum atomic E-state index is 12.2. The van der Waals surface area contributed by atoms with Gasteiger partial charge in [0.2, 0.25) is 0 Å². The first-order valence-corrected chi connectivity index (χ1v) is 9.74. The van der Waals surface area contributed by atoms with Crippen molar-refractivity contribution >= 4 is 36.0 Å². The number of guanidine groups is 1. The Morgan fingerprint density at radius 2 is 1.79 bits per heavy atom. The molecule has 3 rings (SSSR count). The Morgan fingerprint density at radius 1 is 1.14 bits per heavy atom. The highest BCUT2D eigenvalue weighted by Gasteiger charge is 2.26. The van der Waals surface area contributed by atoms with Crippen LogP contribution in [0, 0.1) is 0 Å². The minimum Gasteiger partial charge on any atom is -0.490 e. The number of carbonyl (C=O) groups is 1. The Balaban J connectivity index is 0.00000300. The lowest BCUT2D eigenvalue weighted by Crippen LogP contribution is -2.53. The van der Waals surface area contributed by atoms with E-state index in [1.807, 2.05) is 43.9 Å². The van der Waals surface area contributed by atoms with E-state index in [-0.39, 0.29) is 30.1 Å². The van der Waals surface area contributed by atoms with Crippen LogP contribution in [0.15, 0.2) is 23.2 Å². The van der Waals surface area contributed by atoms with E-state index in [9.17, 15) is 4.79 Å². The van der Waals surface area contributed by atoms with Gasteiger partial charge in [-0.2, -0.15) is 0 Å². The Morgan fingerprint density at radius 3 is 2.48 bits per heavy atom. The number of hydrogen-bond acceptors (Lipinski definition) is 5. The number of halogens is 1. The van der Waals surface area contributed by atoms with Crippen LogP contribution < -0.4 is 15.2 Å². The molecule has 1 aromatic rings. The molecular weight excluding hydrogens is 487 g/mol. The van der Waals surface area contributed by atoms with Crippen molar-refractivity contribution < 1.29 is 19.0 Å². The van der Waals surface area contributed by atoms with Crippen molar-refractivity contribution in [1.29, 1.82) is 0 Å². The molecule has 2 aliphatic rings. The lowest BCUT2D eigenvalue weighted by Gasteiger charge is -2.36. The summed E-state index contributed by atoms with van der Waals surface area (Å²) in [5.74, 6) is 1.98. The molecule has 9 heteroatoms. The van der Waals surface area contributed by atoms with E-state index >= 15 is 0 Å². The number of nitrogens with two attached hydrogens (primary N) is 1. The highest BCUT2D eigenvalue weighted by molar-refractivity contribution is 14.0. The van der Waals surface area contributed by atoms with E-state index in [1.165, 1.54) is 0 Å². The summed E-state index contributed by atoms with van der Waals surface area (Å²) in [4.78, 5) is 20.4. The Kier molecular flexibility index (Phi) is 8.23. The second-order valence-electron chi connectivity index (χ2n) is 7.92. The van der Waals surface area contributed by atoms with Gasteiger partial charge in [-0.3, -0.25) is 0 Å². The maximum Gasteiger partial charge on any atom is 0.410 e. The molecule has 2 heterocycles. The van der Waals surface area contributed by atoms with Gasteiger partial charge in [0.15, 0.2) is 17.5 Å². The van der Waals surface area contributed by atoms with Crippen LogP contribution in [-0.2, 0) is 11.3 Å². The molecule has 2 aliphatic heterocycles. The lowest BCUT2D eigenvalue weighted by atomic mass is 10.2. The van der Waals surface area contributed by atoms with Gasteiger partial charge in [-0.25, -0.2) is 9.79 Å². The summed E-state index contributed by atoms with van der Waals surface area (Å²) in [7, 11) is 0. The van der Waals surface area contributed by atoms with Crippen molar-refractivity contribution in [2.75, 3.05) is 39.4 Å². The molecule has 0 spiro atoms. The van der Waals surface area contributed by atoms with Crippen molar-refractivity contribution in [1.82, 2.24) is 9.80 Å². The van der Waals surface area contributed by atoms with E-state index in [0.717, 1.165) is 23.5 Å². The largest absolute Gasteiger partial charge is 0.490 e. The molecule has 0 aromatic heterocycles. The molecule has 0 bridgehead atoms. The quantitative estimate of drug-likeness (QED) is 0.368. The minimum atomic E-state index is -0.492. The number of para-hydroxylation sites is 1. The average Bonchev–Trinajstić information content (AvgIpc) is 2.90. The van der Waals surface area contributed by atoms with Gasteiger partial charge in [0.1, 0.15) is 5.60 Å². The van der Waals surface area contributed by atoms with Crippen LogP contribution in [0.4, 0.5) is 4.79 Å². The molecule has 0 atom stereocenters. The molecule has 1 saturated heterocycles. The first kappa shape index (κ1) is 23.4. The molecular formula is C20H31IN4O4. The minimum absolute atomic E-state index is 0. The number of nitrogens with zero attached hydrogens (tertiary/aromatic N) is 3. The van der Waals surface area contributed by atoms with Crippen LogP contribution in [-0.4, -0.2) is 66.8 Å². The number of benzene rings is 1. The van der Waals surface area contributed by atoms with Gasteiger partial charge in [0.25, 0.3) is 0 Å². The number of fused-ring (bicyclic) bond motifs is 1. The van der Waals surface area contributed by atoms with Gasteiger partial charge < -0.3 is 29.7 Å². The van der Waals surface area contributed by atoms with Crippen molar-refractivity contribution in [3.05, 3.63) is 23.8 Å². The van der Waals surface area contributed by atoms with E-state index < -0.39 is 5.60 Å². The number of carbonyl (C=O) groups excluding carboxylic acids is 1. The molecule has 0 aliphatic carbocycles. The normalized spacial score (nSPS) is 17.3. The number of ether oxygens (including phenoxy) is 3. The van der Waals surface area contributed by atoms with Crippen LogP contribution >= 0.6 is 24.0 Å². The Hall–Kier alpha value is -1.91. The topological polar surface area (TPSA) is 89.6 Å². The first-order valence-electron chi connectivity index (χ1n) is 9.74. The van der Waals surface area contributed by atoms with Crippen molar-refractivity contribution in [3.8, 4) is 11.5 Å². The third-order valence-electron chi connectivity index (χ3n) is 4.52. The SMILES string of the molecule is CC(C)(C)OC(=O)N1CCN(C(N)=NCc2cccc3c2OCCCO3)CC1.I. The number of piperazine rings is 1. The summed E-state index contributed by atoms with van der Waals surface area (Å²) in [6.45, 7) is 9.68. The number of hydrogen-bond donors (Lipinski definition) is 1. The molecule has 162 valence electrons. The van der Waals surface area contributed by atoms with Gasteiger partial charge >= 0.3 is 6.09 Å². The average molecular weight is 518 g/mol. The molecule has 2 N–H and O–H groups in total. The number of rotatable bonds is 2. The summed E-state index contributed by atoms with van der Waals surface area (Å²) < 4.78 is 17.0. The Labute approximate surface area is 189 Å². The van der Waals surface area contributed by atoms with Crippen molar-refractivity contribution in [3.63, 3.8) is 0 Å². The van der Waals surface area contributed by atoms with Crippen molar-refractivity contribution in [2.45, 2.75) is 39.3 Å². The molecule has 1 aromatic carbocycles. The zero-order chi connectivity index (χ0) is 20.1. The predicted molar refractivity (Wildman–Crippen MR) is 122 cm³/mol. The van der Waals surface area contributed by atoms with Gasteiger partial charge in [-0.1, -0.05) is 12.1 Å². The van der Waals surface area contributed by atoms with Gasteiger partial charge in [-0.05, 0) is 26.8 Å². The fraction of sp³-hybridized carbons (Fsp3) is 0.600. The van der Waals surface area contributed by atoms with Gasteiger partial charge in [0, 0.05) is 38.2 Å².